The Hall–Kier alpha value is -2.75. The number of nitrogens with one attached hydrogen (secondary N) is 1. The van der Waals surface area contributed by atoms with Crippen LogP contribution in [0.3, 0.4) is 0 Å². The number of imidazole rings is 1. The summed E-state index contributed by atoms with van der Waals surface area (Å²) >= 11 is 6.73. The van der Waals surface area contributed by atoms with E-state index >= 15 is 4.39 Å². The first-order chi connectivity index (χ1) is 15.8. The van der Waals surface area contributed by atoms with Crippen molar-refractivity contribution in [2.24, 2.45) is 10.7 Å². The minimum absolute atomic E-state index is 0. The van der Waals surface area contributed by atoms with Gasteiger partial charge in [-0.05, 0) is 44.9 Å². The molecule has 0 radical (unpaired) electrons. The Labute approximate surface area is 207 Å². The van der Waals surface area contributed by atoms with Crippen LogP contribution in [0.5, 0.6) is 0 Å². The summed E-state index contributed by atoms with van der Waals surface area (Å²) in [7, 11) is 0. The zero-order valence-corrected chi connectivity index (χ0v) is 20.3. The SMILES string of the molecule is CC1CC(N2C(=O)C[C@@](C)(c3cc(F)c4nc(-c5cccnc5)[nH]c4c3Cl)N=C2N)CCO1.Cl. The normalized spacial score (nSPS) is 25.2. The van der Waals surface area contributed by atoms with E-state index in [1.165, 1.54) is 6.07 Å². The quantitative estimate of drug-likeness (QED) is 0.553. The highest BCUT2D eigenvalue weighted by Crippen LogP contribution is 2.42. The maximum absolute atomic E-state index is 15.1. The van der Waals surface area contributed by atoms with Crippen molar-refractivity contribution < 1.29 is 13.9 Å². The molecule has 8 nitrogen and oxygen atoms in total. The van der Waals surface area contributed by atoms with E-state index in [-0.39, 0.29) is 53.4 Å². The summed E-state index contributed by atoms with van der Waals surface area (Å²) in [6.45, 7) is 4.28. The monoisotopic (exact) mass is 506 g/mol. The third-order valence-electron chi connectivity index (χ3n) is 6.37. The first kappa shape index (κ1) is 24.4. The minimum atomic E-state index is -1.11. The average Bonchev–Trinajstić information content (AvgIpc) is 3.23. The first-order valence-electron chi connectivity index (χ1n) is 10.8. The summed E-state index contributed by atoms with van der Waals surface area (Å²) in [5, 5.41) is 0.258. The predicted octanol–water partition coefficient (Wildman–Crippen LogP) is 4.17. The van der Waals surface area contributed by atoms with Crippen LogP contribution in [0, 0.1) is 5.82 Å². The number of benzene rings is 1. The van der Waals surface area contributed by atoms with Gasteiger partial charge in [-0.15, -0.1) is 12.4 Å². The molecule has 11 heteroatoms. The second kappa shape index (κ2) is 9.13. The third-order valence-corrected chi connectivity index (χ3v) is 6.76. The molecule has 0 spiro atoms. The Morgan fingerprint density at radius 3 is 2.88 bits per heavy atom. The largest absolute Gasteiger partial charge is 0.378 e. The average molecular weight is 507 g/mol. The Bertz CT molecular complexity index is 1270. The fourth-order valence-electron chi connectivity index (χ4n) is 4.74. The molecular weight excluding hydrogens is 482 g/mol. The molecule has 0 aliphatic carbocycles. The number of aliphatic imine (C=N–C) groups is 1. The van der Waals surface area contributed by atoms with Gasteiger partial charge in [0.15, 0.2) is 11.8 Å². The number of hydrogen-bond acceptors (Lipinski definition) is 6. The number of halogens is 3. The van der Waals surface area contributed by atoms with Crippen molar-refractivity contribution in [1.82, 2.24) is 19.9 Å². The molecule has 0 saturated carbocycles. The van der Waals surface area contributed by atoms with E-state index in [2.05, 4.69) is 19.9 Å². The van der Waals surface area contributed by atoms with E-state index in [0.717, 1.165) is 0 Å². The molecule has 4 heterocycles. The van der Waals surface area contributed by atoms with Gasteiger partial charge in [0.25, 0.3) is 0 Å². The molecule has 2 unspecified atom stereocenters. The molecule has 2 aliphatic rings. The lowest BCUT2D eigenvalue weighted by atomic mass is 9.86. The van der Waals surface area contributed by atoms with Gasteiger partial charge in [0, 0.05) is 36.2 Å². The van der Waals surface area contributed by atoms with Crippen molar-refractivity contribution in [1.29, 1.82) is 0 Å². The van der Waals surface area contributed by atoms with Gasteiger partial charge in [0.1, 0.15) is 11.3 Å². The summed E-state index contributed by atoms with van der Waals surface area (Å²) in [5.74, 6) is -0.158. The van der Waals surface area contributed by atoms with Gasteiger partial charge in [-0.1, -0.05) is 11.6 Å². The summed E-state index contributed by atoms with van der Waals surface area (Å²) in [5.41, 5.74) is 6.72. The number of hydrogen-bond donors (Lipinski definition) is 2. The van der Waals surface area contributed by atoms with Crippen molar-refractivity contribution in [3.05, 3.63) is 47.0 Å². The number of guanidine groups is 1. The summed E-state index contributed by atoms with van der Waals surface area (Å²) in [6, 6.07) is 4.81. The molecular formula is C23H25Cl2FN6O2. The van der Waals surface area contributed by atoms with E-state index in [0.29, 0.717) is 41.9 Å². The number of carbonyl (C=O) groups excluding carboxylic acids is 1. The van der Waals surface area contributed by atoms with E-state index < -0.39 is 11.4 Å². The Kier molecular flexibility index (Phi) is 6.54. The molecule has 0 bridgehead atoms. The van der Waals surface area contributed by atoms with Gasteiger partial charge >= 0.3 is 0 Å². The van der Waals surface area contributed by atoms with Crippen molar-refractivity contribution in [3.8, 4) is 11.4 Å². The molecule has 180 valence electrons. The van der Waals surface area contributed by atoms with Crippen LogP contribution in [0.4, 0.5) is 4.39 Å². The summed E-state index contributed by atoms with van der Waals surface area (Å²) < 4.78 is 20.7. The topological polar surface area (TPSA) is 109 Å². The third kappa shape index (κ3) is 4.12. The molecule has 2 aromatic heterocycles. The predicted molar refractivity (Wildman–Crippen MR) is 130 cm³/mol. The van der Waals surface area contributed by atoms with Crippen LogP contribution in [0.1, 0.15) is 38.7 Å². The maximum atomic E-state index is 15.1. The Balaban J connectivity index is 0.00000274. The standard InChI is InChI=1S/C23H24ClFN6O2.ClH/c1-12-8-14(5-7-33-12)31-17(32)10-23(2,30-22(31)26)15-9-16(25)19-20(18(15)24)29-21(28-19)13-4-3-6-27-11-13;/h3-4,6,9,11-12,14H,5,7-8,10H2,1-2H3,(H2,26,30)(H,28,29);1H/t12?,14?,23-;/m0./s1. The van der Waals surface area contributed by atoms with Crippen LogP contribution >= 0.6 is 24.0 Å². The van der Waals surface area contributed by atoms with Crippen molar-refractivity contribution in [2.45, 2.75) is 50.8 Å². The zero-order chi connectivity index (χ0) is 23.3. The van der Waals surface area contributed by atoms with Crippen molar-refractivity contribution in [2.75, 3.05) is 6.61 Å². The first-order valence-corrected chi connectivity index (χ1v) is 11.2. The number of aromatic amines is 1. The number of nitrogens with two attached hydrogens (primary N) is 1. The van der Waals surface area contributed by atoms with Gasteiger partial charge in [0.2, 0.25) is 5.91 Å². The molecule has 3 aromatic rings. The second-order valence-electron chi connectivity index (χ2n) is 8.81. The number of rotatable bonds is 3. The highest BCUT2D eigenvalue weighted by atomic mass is 35.5. The smallest absolute Gasteiger partial charge is 0.232 e. The number of ether oxygens (including phenoxy) is 1. The van der Waals surface area contributed by atoms with E-state index in [1.54, 1.807) is 30.3 Å². The van der Waals surface area contributed by atoms with Crippen LogP contribution < -0.4 is 5.73 Å². The van der Waals surface area contributed by atoms with Crippen LogP contribution in [-0.4, -0.2) is 50.5 Å². The van der Waals surface area contributed by atoms with Crippen molar-refractivity contribution in [3.63, 3.8) is 0 Å². The zero-order valence-electron chi connectivity index (χ0n) is 18.7. The molecule has 2 aliphatic heterocycles. The van der Waals surface area contributed by atoms with Gasteiger partial charge in [0.05, 0.1) is 28.6 Å². The lowest BCUT2D eigenvalue weighted by molar-refractivity contribution is -0.133. The Morgan fingerprint density at radius 2 is 2.21 bits per heavy atom. The molecule has 5 rings (SSSR count). The van der Waals surface area contributed by atoms with E-state index in [4.69, 9.17) is 22.1 Å². The van der Waals surface area contributed by atoms with Gasteiger partial charge in [-0.3, -0.25) is 14.7 Å². The number of fused-ring (bicyclic) bond motifs is 1. The van der Waals surface area contributed by atoms with Crippen LogP contribution in [-0.2, 0) is 15.1 Å². The number of H-pyrrole nitrogens is 1. The fourth-order valence-corrected chi connectivity index (χ4v) is 5.13. The summed E-state index contributed by atoms with van der Waals surface area (Å²) in [4.78, 5) is 30.9. The summed E-state index contributed by atoms with van der Waals surface area (Å²) in [6.07, 6.45) is 4.71. The molecule has 3 N–H and O–H groups in total. The van der Waals surface area contributed by atoms with Gasteiger partial charge in [-0.25, -0.2) is 14.4 Å². The molecule has 1 saturated heterocycles. The minimum Gasteiger partial charge on any atom is -0.378 e. The van der Waals surface area contributed by atoms with E-state index in [1.807, 2.05) is 13.0 Å². The van der Waals surface area contributed by atoms with Crippen LogP contribution in [0.25, 0.3) is 22.4 Å². The van der Waals surface area contributed by atoms with E-state index in [9.17, 15) is 4.79 Å². The molecule has 1 fully saturated rings. The second-order valence-corrected chi connectivity index (χ2v) is 9.19. The molecule has 34 heavy (non-hydrogen) atoms. The molecule has 1 amide bonds. The van der Waals surface area contributed by atoms with Gasteiger partial charge < -0.3 is 15.5 Å². The molecule has 3 atom stereocenters. The number of pyridine rings is 1. The fraction of sp³-hybridized carbons (Fsp3) is 0.391. The highest BCUT2D eigenvalue weighted by molar-refractivity contribution is 6.36. The lowest BCUT2D eigenvalue weighted by Crippen LogP contribution is -2.56. The van der Waals surface area contributed by atoms with Gasteiger partial charge in [-0.2, -0.15) is 0 Å². The number of nitrogens with zero attached hydrogens (tertiary/aromatic N) is 4. The van der Waals surface area contributed by atoms with Crippen molar-refractivity contribution >= 4 is 46.9 Å². The number of amides is 1. The van der Waals surface area contributed by atoms with Crippen LogP contribution in [0.15, 0.2) is 35.6 Å². The lowest BCUT2D eigenvalue weighted by Gasteiger charge is -2.41. The maximum Gasteiger partial charge on any atom is 0.232 e. The molecule has 1 aromatic carbocycles. The number of carbonyl (C=O) groups is 1. The number of aromatic nitrogens is 3. The highest BCUT2D eigenvalue weighted by Gasteiger charge is 2.42. The van der Waals surface area contributed by atoms with Crippen LogP contribution in [0.2, 0.25) is 5.02 Å². The Morgan fingerprint density at radius 1 is 1.41 bits per heavy atom.